The Morgan fingerprint density at radius 1 is 0.745 bits per heavy atom. The van der Waals surface area contributed by atoms with Gasteiger partial charge in [-0.2, -0.15) is 10.2 Å². The zero-order chi connectivity index (χ0) is 32.8. The zero-order valence-electron chi connectivity index (χ0n) is 24.7. The van der Waals surface area contributed by atoms with Crippen LogP contribution in [0.2, 0.25) is 0 Å². The van der Waals surface area contributed by atoms with Crippen LogP contribution in [0, 0.1) is 20.5 Å². The first-order chi connectivity index (χ1) is 22.1. The van der Waals surface area contributed by atoms with Crippen LogP contribution in [0.15, 0.2) is 129 Å². The Kier molecular flexibility index (Phi) is 10.6. The van der Waals surface area contributed by atoms with Crippen molar-refractivity contribution in [3.63, 3.8) is 0 Å². The number of nitro groups is 1. The van der Waals surface area contributed by atoms with Crippen molar-refractivity contribution in [3.8, 4) is 11.5 Å². The molecule has 0 radical (unpaired) electrons. The first-order valence-corrected chi connectivity index (χ1v) is 13.2. The molecule has 6 rings (SSSR count). The van der Waals surface area contributed by atoms with Crippen LogP contribution in [0.4, 0.5) is 17.1 Å². The van der Waals surface area contributed by atoms with Crippen LogP contribution in [-0.2, 0) is 21.6 Å². The van der Waals surface area contributed by atoms with E-state index in [1.807, 2.05) is 24.3 Å². The van der Waals surface area contributed by atoms with E-state index >= 15 is 0 Å². The van der Waals surface area contributed by atoms with Gasteiger partial charge in [0.15, 0.2) is 0 Å². The maximum atomic E-state index is 12.3. The van der Waals surface area contributed by atoms with Gasteiger partial charge in [-0.3, -0.25) is 19.7 Å². The summed E-state index contributed by atoms with van der Waals surface area (Å²) in [6.07, 6.45) is 6.49. The number of allylic oxidation sites excluding steroid dienone is 4. The third-order valence-corrected chi connectivity index (χ3v) is 6.56. The van der Waals surface area contributed by atoms with Crippen molar-refractivity contribution < 1.29 is 42.9 Å². The number of azo groups is 1. The number of rotatable bonds is 5. The second kappa shape index (κ2) is 14.8. The van der Waals surface area contributed by atoms with Crippen LogP contribution in [-0.4, -0.2) is 33.1 Å². The van der Waals surface area contributed by atoms with E-state index in [0.717, 1.165) is 35.2 Å². The number of fused-ring (bicyclic) bond motifs is 2. The molecule has 0 saturated carbocycles. The number of carbonyl (C=O) groups excluding carboxylic acids is 2. The standard InChI is InChI=1S/C16H11N3O4.C16H9N3O4.Co/c2*20-15-9-11(19(22)23)6-8-13(15)17-18-14-7-5-10-3-1-2-4-12(10)16(14)21;/h1-9,20-21H;1-9H;/q;-2;+3/p-1. The van der Waals surface area contributed by atoms with Gasteiger partial charge in [0.05, 0.1) is 16.3 Å². The van der Waals surface area contributed by atoms with E-state index in [0.29, 0.717) is 10.9 Å². The van der Waals surface area contributed by atoms with Gasteiger partial charge in [0.2, 0.25) is 11.6 Å². The Hall–Kier alpha value is -6.13. The van der Waals surface area contributed by atoms with Crippen molar-refractivity contribution in [2.24, 2.45) is 20.4 Å². The summed E-state index contributed by atoms with van der Waals surface area (Å²) in [6, 6.07) is 20.6. The molecule has 4 aromatic rings. The average molecular weight is 674 g/mol. The number of benzene rings is 4. The minimum Gasteiger partial charge on any atom is -0.871 e. The molecule has 2 aliphatic rings. The van der Waals surface area contributed by atoms with Crippen LogP contribution in [0.3, 0.4) is 0 Å². The summed E-state index contributed by atoms with van der Waals surface area (Å²) < 4.78 is 0. The van der Waals surface area contributed by atoms with E-state index < -0.39 is 21.7 Å². The third kappa shape index (κ3) is 7.75. The Morgan fingerprint density at radius 3 is 2.13 bits per heavy atom. The van der Waals surface area contributed by atoms with E-state index in [1.165, 1.54) is 24.3 Å². The summed E-state index contributed by atoms with van der Waals surface area (Å²) in [7, 11) is 0. The molecule has 0 atom stereocenters. The van der Waals surface area contributed by atoms with Crippen molar-refractivity contribution >= 4 is 56.9 Å². The van der Waals surface area contributed by atoms with Gasteiger partial charge in [-0.25, -0.2) is 0 Å². The van der Waals surface area contributed by atoms with Crippen LogP contribution in [0.25, 0.3) is 16.8 Å². The van der Waals surface area contributed by atoms with E-state index in [1.54, 1.807) is 36.4 Å². The molecule has 14 nitrogen and oxygen atoms in total. The number of ketones is 2. The molecule has 234 valence electrons. The van der Waals surface area contributed by atoms with Crippen molar-refractivity contribution in [2.75, 3.05) is 0 Å². The van der Waals surface area contributed by atoms with Gasteiger partial charge >= 0.3 is 18.2 Å². The Bertz CT molecular complexity index is 2090. The van der Waals surface area contributed by atoms with Crippen LogP contribution < -0.4 is 10.2 Å². The third-order valence-electron chi connectivity index (χ3n) is 6.56. The summed E-state index contributed by atoms with van der Waals surface area (Å²) in [5.41, 5.74) is 0.730. The summed E-state index contributed by atoms with van der Waals surface area (Å²) in [6.45, 7) is 0. The molecule has 0 unspecified atom stereocenters. The largest absolute Gasteiger partial charge is 3.00 e. The Morgan fingerprint density at radius 2 is 1.40 bits per heavy atom. The molecular weight excluding hydrogens is 655 g/mol. The van der Waals surface area contributed by atoms with Gasteiger partial charge in [-0.1, -0.05) is 72.2 Å². The molecule has 0 heterocycles. The Balaban J connectivity index is 0.000000250. The number of non-ortho nitro benzene ring substituents is 1. The maximum Gasteiger partial charge on any atom is 3.00 e. The fraction of sp³-hybridized carbons (Fsp3) is 0. The smallest absolute Gasteiger partial charge is 0.871 e. The molecule has 4 aromatic carbocycles. The number of nitro benzene ring substituents is 1. The van der Waals surface area contributed by atoms with Gasteiger partial charge in [-0.05, 0) is 46.7 Å². The van der Waals surface area contributed by atoms with E-state index in [-0.39, 0.29) is 63.9 Å². The molecule has 0 aliphatic heterocycles. The summed E-state index contributed by atoms with van der Waals surface area (Å²) >= 11 is 0. The number of Topliss-reactive ketones (excluding diaryl/α,β-unsaturated/α-hetero) is 1. The summed E-state index contributed by atoms with van der Waals surface area (Å²) in [5.74, 6) is -1.84. The molecule has 0 fully saturated rings. The fourth-order valence-corrected chi connectivity index (χ4v) is 4.23. The number of hydroxylamine groups is 2. The fourth-order valence-electron chi connectivity index (χ4n) is 4.23. The first-order valence-electron chi connectivity index (χ1n) is 13.2. The van der Waals surface area contributed by atoms with Gasteiger partial charge in [0, 0.05) is 29.5 Å². The van der Waals surface area contributed by atoms with Crippen molar-refractivity contribution in [1.82, 2.24) is 5.23 Å². The quantitative estimate of drug-likeness (QED) is 0.114. The second-order valence-electron chi connectivity index (χ2n) is 9.49. The predicted molar refractivity (Wildman–Crippen MR) is 167 cm³/mol. The van der Waals surface area contributed by atoms with Crippen molar-refractivity contribution in [2.45, 2.75) is 0 Å². The Labute approximate surface area is 277 Å². The molecular formula is C32H19CoN6O8. The zero-order valence-corrected chi connectivity index (χ0v) is 24.7. The number of nitrogens with zero attached hydrogens (tertiary/aromatic N) is 6. The van der Waals surface area contributed by atoms with Crippen molar-refractivity contribution in [3.05, 3.63) is 141 Å². The minimum absolute atomic E-state index is 0. The molecule has 0 amide bonds. The summed E-state index contributed by atoms with van der Waals surface area (Å²) in [5, 5.41) is 71.4. The van der Waals surface area contributed by atoms with Gasteiger partial charge in [-0.15, -0.1) is 10.2 Å². The second-order valence-corrected chi connectivity index (χ2v) is 9.49. The monoisotopic (exact) mass is 674 g/mol. The predicted octanol–water partition coefficient (Wildman–Crippen LogP) is 5.43. The van der Waals surface area contributed by atoms with Crippen LogP contribution >= 0.6 is 0 Å². The van der Waals surface area contributed by atoms with Gasteiger partial charge in [0.25, 0.3) is 5.69 Å². The summed E-state index contributed by atoms with van der Waals surface area (Å²) in [4.78, 5) is 33.9. The maximum absolute atomic E-state index is 12.3. The normalized spacial score (nSPS) is 15.2. The number of hydrogen-bond donors (Lipinski definition) is 0. The van der Waals surface area contributed by atoms with Gasteiger partial charge in [0.1, 0.15) is 11.4 Å². The average Bonchev–Trinajstić information content (AvgIpc) is 3.05. The van der Waals surface area contributed by atoms with Crippen LogP contribution in [0.5, 0.6) is 11.5 Å². The topological polar surface area (TPSA) is 222 Å². The molecule has 0 N–H and O–H groups in total. The van der Waals surface area contributed by atoms with Crippen LogP contribution in [0.1, 0.15) is 17.3 Å². The van der Waals surface area contributed by atoms with E-state index in [4.69, 9.17) is 0 Å². The molecule has 15 heteroatoms. The number of hydrogen-bond acceptors (Lipinski definition) is 13. The molecule has 0 saturated heterocycles. The first kappa shape index (κ1) is 33.8. The molecule has 0 spiro atoms. The molecule has 0 aromatic heterocycles. The SMILES string of the molecule is O=C1C=C(N([O-])[O-])C=CC1=NN=C1C=Cc2ccccc2C1=O.O=[N+]([O-])c1ccc(N=Nc2ccc3ccccc3c2[O-])c([O-])c1.[Co+3].[H+]. The van der Waals surface area contributed by atoms with Gasteiger partial charge < -0.3 is 25.9 Å². The van der Waals surface area contributed by atoms with Crippen molar-refractivity contribution in [1.29, 1.82) is 0 Å². The minimum atomic E-state index is -0.665. The molecule has 47 heavy (non-hydrogen) atoms. The molecule has 0 bridgehead atoms. The van der Waals surface area contributed by atoms with E-state index in [2.05, 4.69) is 20.4 Å². The molecule has 2 aliphatic carbocycles. The number of carbonyl (C=O) groups is 2. The van der Waals surface area contributed by atoms with E-state index in [9.17, 15) is 40.3 Å².